The molecule has 3 aliphatic rings. The summed E-state index contributed by atoms with van der Waals surface area (Å²) in [6, 6.07) is 3.96. The van der Waals surface area contributed by atoms with Crippen LogP contribution < -0.4 is 21.3 Å². The zero-order valence-corrected chi connectivity index (χ0v) is 17.3. The first kappa shape index (κ1) is 21.4. The second-order valence-electron chi connectivity index (χ2n) is 8.87. The Hall–Kier alpha value is -1.80. The molecule has 0 saturated carbocycles. The van der Waals surface area contributed by atoms with E-state index >= 15 is 0 Å². The van der Waals surface area contributed by atoms with Crippen LogP contribution in [0, 0.1) is 5.92 Å². The van der Waals surface area contributed by atoms with Gasteiger partial charge in [0, 0.05) is 18.3 Å². The average molecular weight is 425 g/mol. The van der Waals surface area contributed by atoms with Crippen LogP contribution >= 0.6 is 0 Å². The lowest BCUT2D eigenvalue weighted by Gasteiger charge is -2.39. The molecule has 0 radical (unpaired) electrons. The van der Waals surface area contributed by atoms with Gasteiger partial charge in [-0.2, -0.15) is 13.2 Å². The van der Waals surface area contributed by atoms with Gasteiger partial charge in [0.2, 0.25) is 5.91 Å². The molecule has 8 heteroatoms. The molecule has 4 N–H and O–H groups in total. The first-order valence-corrected chi connectivity index (χ1v) is 11.0. The van der Waals surface area contributed by atoms with E-state index in [0.29, 0.717) is 6.42 Å². The fraction of sp³-hybridized carbons (Fsp3) is 0.682. The number of amides is 1. The van der Waals surface area contributed by atoms with Crippen LogP contribution in [0.2, 0.25) is 0 Å². The predicted molar refractivity (Wildman–Crippen MR) is 111 cm³/mol. The number of rotatable bonds is 3. The summed E-state index contributed by atoms with van der Waals surface area (Å²) in [5.74, 6) is 0.142. The molecular formula is C22H31F3N4O. The first-order chi connectivity index (χ1) is 14.3. The third kappa shape index (κ3) is 4.44. The molecular weight excluding hydrogens is 393 g/mol. The highest BCUT2D eigenvalue weighted by Crippen LogP contribution is 2.38. The number of piperidine rings is 2. The lowest BCUT2D eigenvalue weighted by Crippen LogP contribution is -2.58. The Bertz CT molecular complexity index is 769. The molecule has 5 atom stereocenters. The van der Waals surface area contributed by atoms with Crippen molar-refractivity contribution in [2.75, 3.05) is 25.0 Å². The molecule has 4 rings (SSSR count). The van der Waals surface area contributed by atoms with Gasteiger partial charge in [-0.25, -0.2) is 0 Å². The second kappa shape index (κ2) is 8.75. The Morgan fingerprint density at radius 3 is 2.73 bits per heavy atom. The fourth-order valence-corrected chi connectivity index (χ4v) is 5.32. The Balaban J connectivity index is 1.45. The van der Waals surface area contributed by atoms with Crippen molar-refractivity contribution in [1.29, 1.82) is 0 Å². The number of anilines is 1. The van der Waals surface area contributed by atoms with Gasteiger partial charge in [-0.3, -0.25) is 4.79 Å². The minimum absolute atomic E-state index is 0.0623. The number of carbonyl (C=O) groups excluding carboxylic acids is 1. The minimum Gasteiger partial charge on any atom is -0.385 e. The highest BCUT2D eigenvalue weighted by Gasteiger charge is 2.43. The number of hydrogen-bond acceptors (Lipinski definition) is 4. The summed E-state index contributed by atoms with van der Waals surface area (Å²) in [7, 11) is 0. The van der Waals surface area contributed by atoms with Gasteiger partial charge in [-0.05, 0) is 74.2 Å². The largest absolute Gasteiger partial charge is 0.403 e. The van der Waals surface area contributed by atoms with Crippen molar-refractivity contribution in [2.24, 2.45) is 5.92 Å². The molecule has 1 amide bonds. The number of halogens is 3. The highest BCUT2D eigenvalue weighted by molar-refractivity contribution is 5.82. The quantitative estimate of drug-likeness (QED) is 0.603. The number of alkyl halides is 3. The van der Waals surface area contributed by atoms with E-state index in [4.69, 9.17) is 0 Å². The summed E-state index contributed by atoms with van der Waals surface area (Å²) >= 11 is 0. The number of fused-ring (bicyclic) bond motifs is 1. The van der Waals surface area contributed by atoms with E-state index in [1.165, 1.54) is 16.8 Å². The predicted octanol–water partition coefficient (Wildman–Crippen LogP) is 2.93. The SMILES string of the molecule is CC1C(C(=O)NC2CCNC(C(F)(F)F)C2)NCCC1c1cccc2c1CCCN2. The lowest BCUT2D eigenvalue weighted by molar-refractivity contribution is -0.162. The Morgan fingerprint density at radius 1 is 1.13 bits per heavy atom. The van der Waals surface area contributed by atoms with Gasteiger partial charge >= 0.3 is 6.18 Å². The van der Waals surface area contributed by atoms with Crippen molar-refractivity contribution in [1.82, 2.24) is 16.0 Å². The first-order valence-electron chi connectivity index (χ1n) is 11.0. The summed E-state index contributed by atoms with van der Waals surface area (Å²) in [6.07, 6.45) is -0.794. The molecule has 2 saturated heterocycles. The molecule has 3 heterocycles. The Kier molecular flexibility index (Phi) is 6.25. The van der Waals surface area contributed by atoms with Crippen molar-refractivity contribution in [3.8, 4) is 0 Å². The van der Waals surface area contributed by atoms with Crippen molar-refractivity contribution < 1.29 is 18.0 Å². The summed E-state index contributed by atoms with van der Waals surface area (Å²) < 4.78 is 39.2. The number of carbonyl (C=O) groups is 1. The van der Waals surface area contributed by atoms with Gasteiger partial charge in [0.1, 0.15) is 6.04 Å². The summed E-state index contributed by atoms with van der Waals surface area (Å²) in [6.45, 7) is 4.05. The van der Waals surface area contributed by atoms with E-state index in [0.717, 1.165) is 32.4 Å². The third-order valence-electron chi connectivity index (χ3n) is 6.94. The highest BCUT2D eigenvalue weighted by atomic mass is 19.4. The zero-order valence-electron chi connectivity index (χ0n) is 17.3. The van der Waals surface area contributed by atoms with Crippen LogP contribution in [0.4, 0.5) is 18.9 Å². The van der Waals surface area contributed by atoms with Gasteiger partial charge in [0.25, 0.3) is 0 Å². The molecule has 0 aliphatic carbocycles. The molecule has 166 valence electrons. The summed E-state index contributed by atoms with van der Waals surface area (Å²) in [5.41, 5.74) is 3.86. The van der Waals surface area contributed by atoms with Crippen LogP contribution in [0.15, 0.2) is 18.2 Å². The molecule has 0 spiro atoms. The molecule has 5 nitrogen and oxygen atoms in total. The molecule has 1 aromatic rings. The topological polar surface area (TPSA) is 65.2 Å². The van der Waals surface area contributed by atoms with Gasteiger partial charge < -0.3 is 21.3 Å². The maximum absolute atomic E-state index is 13.1. The average Bonchev–Trinajstić information content (AvgIpc) is 2.73. The number of hydrogen-bond donors (Lipinski definition) is 4. The van der Waals surface area contributed by atoms with Crippen LogP contribution in [-0.4, -0.2) is 49.8 Å². The smallest absolute Gasteiger partial charge is 0.385 e. The monoisotopic (exact) mass is 424 g/mol. The van der Waals surface area contributed by atoms with Crippen molar-refractivity contribution >= 4 is 11.6 Å². The number of nitrogens with one attached hydrogen (secondary N) is 4. The Morgan fingerprint density at radius 2 is 1.93 bits per heavy atom. The number of benzene rings is 1. The fourth-order valence-electron chi connectivity index (χ4n) is 5.32. The van der Waals surface area contributed by atoms with Gasteiger partial charge in [0.15, 0.2) is 0 Å². The van der Waals surface area contributed by atoms with Crippen molar-refractivity contribution in [3.63, 3.8) is 0 Å². The van der Waals surface area contributed by atoms with Crippen LogP contribution in [0.5, 0.6) is 0 Å². The van der Waals surface area contributed by atoms with Gasteiger partial charge in [-0.15, -0.1) is 0 Å². The normalized spacial score (nSPS) is 32.1. The van der Waals surface area contributed by atoms with Crippen molar-refractivity contribution in [2.45, 2.75) is 69.2 Å². The van der Waals surface area contributed by atoms with Crippen LogP contribution in [0.1, 0.15) is 49.7 Å². The summed E-state index contributed by atoms with van der Waals surface area (Å²) in [5, 5.41) is 12.2. The molecule has 3 aliphatic heterocycles. The van der Waals surface area contributed by atoms with Crippen molar-refractivity contribution in [3.05, 3.63) is 29.3 Å². The van der Waals surface area contributed by atoms with E-state index in [9.17, 15) is 18.0 Å². The molecule has 0 bridgehead atoms. The minimum atomic E-state index is -4.29. The van der Waals surface area contributed by atoms with Crippen LogP contribution in [-0.2, 0) is 11.2 Å². The Labute approximate surface area is 175 Å². The van der Waals surface area contributed by atoms with E-state index < -0.39 is 24.3 Å². The maximum atomic E-state index is 13.1. The van der Waals surface area contributed by atoms with Gasteiger partial charge in [-0.1, -0.05) is 19.1 Å². The molecule has 5 unspecified atom stereocenters. The van der Waals surface area contributed by atoms with Gasteiger partial charge in [0.05, 0.1) is 6.04 Å². The lowest BCUT2D eigenvalue weighted by atomic mass is 9.75. The van der Waals surface area contributed by atoms with E-state index in [2.05, 4.69) is 46.4 Å². The molecule has 30 heavy (non-hydrogen) atoms. The van der Waals surface area contributed by atoms with Crippen LogP contribution in [0.25, 0.3) is 0 Å². The van der Waals surface area contributed by atoms with E-state index in [1.807, 2.05) is 0 Å². The zero-order chi connectivity index (χ0) is 21.3. The molecule has 0 aromatic heterocycles. The summed E-state index contributed by atoms with van der Waals surface area (Å²) in [4.78, 5) is 13.0. The maximum Gasteiger partial charge on any atom is 0.403 e. The molecule has 1 aromatic carbocycles. The molecule has 2 fully saturated rings. The third-order valence-corrected chi connectivity index (χ3v) is 6.94. The van der Waals surface area contributed by atoms with Crippen LogP contribution in [0.3, 0.4) is 0 Å². The standard InChI is InChI=1S/C22H31F3N4O/c1-13-15(16-4-2-6-18-17(16)5-3-9-26-18)8-11-28-20(13)21(30)29-14-7-10-27-19(12-14)22(23,24)25/h2,4,6,13-15,19-20,26-28H,3,5,7-12H2,1H3,(H,29,30). The van der Waals surface area contributed by atoms with E-state index in [1.54, 1.807) is 0 Å². The van der Waals surface area contributed by atoms with E-state index in [-0.39, 0.29) is 30.7 Å². The second-order valence-corrected chi connectivity index (χ2v) is 8.87.